The Morgan fingerprint density at radius 3 is 2.68 bits per heavy atom. The van der Waals surface area contributed by atoms with Crippen molar-refractivity contribution in [1.82, 2.24) is 9.97 Å². The molecule has 2 rings (SSSR count). The number of hydrogen-bond donors (Lipinski definition) is 1. The molecule has 0 aliphatic rings. The van der Waals surface area contributed by atoms with Crippen molar-refractivity contribution in [2.45, 2.75) is 20.3 Å². The number of aromatic nitrogens is 2. The lowest BCUT2D eigenvalue weighted by atomic mass is 10.0. The Morgan fingerprint density at radius 2 is 2.05 bits per heavy atom. The summed E-state index contributed by atoms with van der Waals surface area (Å²) in [5.74, 6) is -1.23. The van der Waals surface area contributed by atoms with E-state index in [9.17, 15) is 4.79 Å². The van der Waals surface area contributed by atoms with Crippen LogP contribution in [0.4, 0.5) is 0 Å². The lowest BCUT2D eigenvalue weighted by Gasteiger charge is -2.13. The van der Waals surface area contributed by atoms with Gasteiger partial charge in [0.25, 0.3) is 0 Å². The van der Waals surface area contributed by atoms with Crippen LogP contribution in [-0.2, 0) is 6.42 Å². The fourth-order valence-corrected chi connectivity index (χ4v) is 2.39. The van der Waals surface area contributed by atoms with Crippen LogP contribution in [0.2, 0.25) is 10.0 Å². The lowest BCUT2D eigenvalue weighted by Crippen LogP contribution is -2.11. The molecular weight excluding hydrogens is 327 g/mol. The number of halogens is 2. The van der Waals surface area contributed by atoms with E-state index in [-0.39, 0.29) is 11.7 Å². The monoisotopic (exact) mass is 340 g/mol. The number of carbonyl (C=O) groups is 1. The highest BCUT2D eigenvalue weighted by molar-refractivity contribution is 6.42. The Morgan fingerprint density at radius 1 is 1.32 bits per heavy atom. The van der Waals surface area contributed by atoms with Crippen molar-refractivity contribution in [3.8, 4) is 5.88 Å². The largest absolute Gasteiger partial charge is 0.478 e. The summed E-state index contributed by atoms with van der Waals surface area (Å²) in [6, 6.07) is 5.34. The summed E-state index contributed by atoms with van der Waals surface area (Å²) in [5, 5.41) is 9.95. The summed E-state index contributed by atoms with van der Waals surface area (Å²) < 4.78 is 5.46. The van der Waals surface area contributed by atoms with Gasteiger partial charge in [-0.15, -0.1) is 0 Å². The van der Waals surface area contributed by atoms with Gasteiger partial charge in [-0.05, 0) is 25.5 Å². The van der Waals surface area contributed by atoms with Crippen LogP contribution in [0.5, 0.6) is 5.88 Å². The van der Waals surface area contributed by atoms with Gasteiger partial charge in [-0.3, -0.25) is 0 Å². The van der Waals surface area contributed by atoms with Crippen LogP contribution in [-0.4, -0.2) is 27.7 Å². The normalized spacial score (nSPS) is 10.5. The van der Waals surface area contributed by atoms with Crippen LogP contribution in [0.3, 0.4) is 0 Å². The molecule has 1 heterocycles. The molecule has 0 amide bonds. The topological polar surface area (TPSA) is 72.3 Å². The molecular formula is C15H14Cl2N2O3. The first-order valence-corrected chi connectivity index (χ1v) is 7.36. The summed E-state index contributed by atoms with van der Waals surface area (Å²) in [7, 11) is 0. The molecule has 5 nitrogen and oxygen atoms in total. The quantitative estimate of drug-likeness (QED) is 0.896. The highest BCUT2D eigenvalue weighted by atomic mass is 35.5. The lowest BCUT2D eigenvalue weighted by molar-refractivity contribution is 0.0681. The predicted molar refractivity (Wildman–Crippen MR) is 84.2 cm³/mol. The van der Waals surface area contributed by atoms with Crippen molar-refractivity contribution in [3.05, 3.63) is 50.9 Å². The van der Waals surface area contributed by atoms with E-state index in [4.69, 9.17) is 33.0 Å². The number of benzene rings is 1. The molecule has 0 radical (unpaired) electrons. The van der Waals surface area contributed by atoms with E-state index in [1.54, 1.807) is 26.0 Å². The molecule has 1 N–H and O–H groups in total. The van der Waals surface area contributed by atoms with Crippen LogP contribution in [0.15, 0.2) is 18.2 Å². The first kappa shape index (κ1) is 16.5. The molecule has 0 spiro atoms. The third-order valence-electron chi connectivity index (χ3n) is 3.05. The Labute approximate surface area is 137 Å². The molecule has 116 valence electrons. The summed E-state index contributed by atoms with van der Waals surface area (Å²) >= 11 is 12.2. The van der Waals surface area contributed by atoms with Crippen LogP contribution in [0.25, 0.3) is 0 Å². The molecule has 0 unspecified atom stereocenters. The molecule has 0 saturated heterocycles. The second-order valence-electron chi connectivity index (χ2n) is 4.54. The van der Waals surface area contributed by atoms with Gasteiger partial charge in [0.1, 0.15) is 0 Å². The van der Waals surface area contributed by atoms with E-state index in [1.165, 1.54) is 0 Å². The second-order valence-corrected chi connectivity index (χ2v) is 5.33. The average Bonchev–Trinajstić information content (AvgIpc) is 2.46. The Bertz CT molecular complexity index is 720. The molecule has 22 heavy (non-hydrogen) atoms. The van der Waals surface area contributed by atoms with Crippen molar-refractivity contribution >= 4 is 29.2 Å². The zero-order valence-corrected chi connectivity index (χ0v) is 13.6. The highest BCUT2D eigenvalue weighted by Crippen LogP contribution is 2.30. The smallest absolute Gasteiger partial charge is 0.374 e. The van der Waals surface area contributed by atoms with Gasteiger partial charge in [0.2, 0.25) is 11.7 Å². The van der Waals surface area contributed by atoms with Crippen molar-refractivity contribution in [2.24, 2.45) is 0 Å². The maximum absolute atomic E-state index is 11.1. The number of carboxylic acids is 1. The van der Waals surface area contributed by atoms with Gasteiger partial charge in [-0.2, -0.15) is 4.98 Å². The van der Waals surface area contributed by atoms with E-state index in [0.29, 0.717) is 34.3 Å². The van der Waals surface area contributed by atoms with E-state index in [1.807, 2.05) is 6.07 Å². The van der Waals surface area contributed by atoms with E-state index >= 15 is 0 Å². The number of ether oxygens (including phenoxy) is 1. The number of aryl methyl sites for hydroxylation is 1. The maximum Gasteiger partial charge on any atom is 0.374 e. The molecule has 1 aromatic heterocycles. The number of hydrogen-bond acceptors (Lipinski definition) is 4. The fraction of sp³-hybridized carbons (Fsp3) is 0.267. The summed E-state index contributed by atoms with van der Waals surface area (Å²) in [6.45, 7) is 3.88. The van der Waals surface area contributed by atoms with Crippen molar-refractivity contribution in [2.75, 3.05) is 6.61 Å². The second kappa shape index (κ2) is 6.94. The first-order chi connectivity index (χ1) is 10.4. The average molecular weight is 341 g/mol. The van der Waals surface area contributed by atoms with Gasteiger partial charge >= 0.3 is 5.97 Å². The van der Waals surface area contributed by atoms with E-state index in [0.717, 1.165) is 5.56 Å². The number of carboxylic acid groups (broad SMARTS) is 1. The van der Waals surface area contributed by atoms with Gasteiger partial charge in [0.05, 0.1) is 16.7 Å². The van der Waals surface area contributed by atoms with E-state index < -0.39 is 5.97 Å². The third kappa shape index (κ3) is 3.48. The number of rotatable bonds is 5. The van der Waals surface area contributed by atoms with Gasteiger partial charge < -0.3 is 9.84 Å². The van der Waals surface area contributed by atoms with Crippen LogP contribution in [0, 0.1) is 6.92 Å². The Hall–Kier alpha value is -1.85. The molecule has 7 heteroatoms. The van der Waals surface area contributed by atoms with Gasteiger partial charge in [-0.1, -0.05) is 35.3 Å². The van der Waals surface area contributed by atoms with Crippen molar-refractivity contribution in [1.29, 1.82) is 0 Å². The molecule has 0 aliphatic heterocycles. The molecule has 1 aromatic carbocycles. The van der Waals surface area contributed by atoms with Crippen LogP contribution in [0.1, 0.15) is 34.4 Å². The highest BCUT2D eigenvalue weighted by Gasteiger charge is 2.18. The SMILES string of the molecule is CCOc1nc(C(=O)O)nc(C)c1Cc1cccc(Cl)c1Cl. The minimum atomic E-state index is -1.20. The Balaban J connectivity index is 2.49. The molecule has 0 saturated carbocycles. The number of aromatic carboxylic acids is 1. The first-order valence-electron chi connectivity index (χ1n) is 6.60. The van der Waals surface area contributed by atoms with Crippen LogP contribution < -0.4 is 4.74 Å². The molecule has 0 atom stereocenters. The zero-order chi connectivity index (χ0) is 16.3. The standard InChI is InChI=1S/C15H14Cl2N2O3/c1-3-22-14-10(8(2)18-13(19-14)15(20)21)7-9-5-4-6-11(16)12(9)17/h4-6H,3,7H2,1-2H3,(H,20,21). The molecule has 0 fully saturated rings. The van der Waals surface area contributed by atoms with Gasteiger partial charge in [-0.25, -0.2) is 9.78 Å². The zero-order valence-electron chi connectivity index (χ0n) is 12.1. The van der Waals surface area contributed by atoms with Crippen molar-refractivity contribution < 1.29 is 14.6 Å². The van der Waals surface area contributed by atoms with Gasteiger partial charge in [0.15, 0.2) is 0 Å². The minimum Gasteiger partial charge on any atom is -0.478 e. The summed E-state index contributed by atoms with van der Waals surface area (Å²) in [5.41, 5.74) is 2.02. The molecule has 0 aliphatic carbocycles. The minimum absolute atomic E-state index is 0.253. The fourth-order valence-electron chi connectivity index (χ4n) is 2.00. The Kier molecular flexibility index (Phi) is 5.21. The third-order valence-corrected chi connectivity index (χ3v) is 3.91. The predicted octanol–water partition coefficient (Wildman–Crippen LogP) is 3.78. The molecule has 0 bridgehead atoms. The number of nitrogens with zero attached hydrogens (tertiary/aromatic N) is 2. The van der Waals surface area contributed by atoms with Crippen molar-refractivity contribution in [3.63, 3.8) is 0 Å². The summed E-state index contributed by atoms with van der Waals surface area (Å²) in [4.78, 5) is 19.0. The molecule has 2 aromatic rings. The van der Waals surface area contributed by atoms with E-state index in [2.05, 4.69) is 9.97 Å². The van der Waals surface area contributed by atoms with Crippen LogP contribution >= 0.6 is 23.2 Å². The van der Waals surface area contributed by atoms with Gasteiger partial charge in [0, 0.05) is 17.7 Å². The summed E-state index contributed by atoms with van der Waals surface area (Å²) in [6.07, 6.45) is 0.403. The maximum atomic E-state index is 11.1.